The Bertz CT molecular complexity index is 971. The van der Waals surface area contributed by atoms with Crippen LogP contribution >= 0.6 is 0 Å². The van der Waals surface area contributed by atoms with Crippen molar-refractivity contribution in [3.05, 3.63) is 40.5 Å². The fourth-order valence-electron chi connectivity index (χ4n) is 2.79. The number of aromatic nitrogens is 1. The second-order valence-electron chi connectivity index (χ2n) is 5.06. The number of hydrogen-bond donors (Lipinski definition) is 1. The molecule has 2 aromatic rings. The molecule has 0 fully saturated rings. The van der Waals surface area contributed by atoms with E-state index in [0.717, 1.165) is 33.2 Å². The molecule has 5 nitrogen and oxygen atoms in total. The minimum absolute atomic E-state index is 0.0112. The first-order valence-electron chi connectivity index (χ1n) is 6.66. The summed E-state index contributed by atoms with van der Waals surface area (Å²) in [7, 11) is 0. The van der Waals surface area contributed by atoms with Crippen LogP contribution in [0.4, 0.5) is 5.69 Å². The summed E-state index contributed by atoms with van der Waals surface area (Å²) in [6, 6.07) is 7.72. The SMILES string of the molecule is CC1=NC=NC1=c1c(C)nc(O)c2c1=Nc1ccccc1-2. The van der Waals surface area contributed by atoms with E-state index in [4.69, 9.17) is 0 Å². The van der Waals surface area contributed by atoms with Gasteiger partial charge in [0.15, 0.2) is 0 Å². The summed E-state index contributed by atoms with van der Waals surface area (Å²) >= 11 is 0. The number of aliphatic imine (C=N–C) groups is 2. The van der Waals surface area contributed by atoms with Gasteiger partial charge in [-0.1, -0.05) is 18.2 Å². The average molecular weight is 276 g/mol. The summed E-state index contributed by atoms with van der Waals surface area (Å²) in [4.78, 5) is 17.4. The quantitative estimate of drug-likeness (QED) is 0.678. The molecule has 1 aromatic carbocycles. The van der Waals surface area contributed by atoms with Crippen LogP contribution in [0.15, 0.2) is 39.2 Å². The van der Waals surface area contributed by atoms with Crippen molar-refractivity contribution in [1.82, 2.24) is 4.98 Å². The summed E-state index contributed by atoms with van der Waals surface area (Å²) in [6.45, 7) is 3.76. The Labute approximate surface area is 120 Å². The minimum atomic E-state index is 0.0112. The van der Waals surface area contributed by atoms with Crippen molar-refractivity contribution >= 4 is 23.4 Å². The first-order valence-corrected chi connectivity index (χ1v) is 6.66. The van der Waals surface area contributed by atoms with Crippen LogP contribution in [-0.2, 0) is 0 Å². The maximum Gasteiger partial charge on any atom is 0.221 e. The number of hydrogen-bond acceptors (Lipinski definition) is 5. The lowest BCUT2D eigenvalue weighted by Crippen LogP contribution is -2.32. The Morgan fingerprint density at radius 1 is 1.10 bits per heavy atom. The maximum atomic E-state index is 10.2. The minimum Gasteiger partial charge on any atom is -0.493 e. The van der Waals surface area contributed by atoms with E-state index >= 15 is 0 Å². The molecule has 0 amide bonds. The van der Waals surface area contributed by atoms with Crippen molar-refractivity contribution < 1.29 is 5.11 Å². The summed E-state index contributed by atoms with van der Waals surface area (Å²) in [5, 5.41) is 11.8. The van der Waals surface area contributed by atoms with Crippen molar-refractivity contribution in [1.29, 1.82) is 0 Å². The molecule has 0 radical (unpaired) electrons. The Hall–Kier alpha value is -2.82. The number of benzene rings is 1. The van der Waals surface area contributed by atoms with Gasteiger partial charge in [-0.3, -0.25) is 0 Å². The van der Waals surface area contributed by atoms with E-state index in [2.05, 4.69) is 20.0 Å². The topological polar surface area (TPSA) is 70.2 Å². The molecule has 0 spiro atoms. The highest BCUT2D eigenvalue weighted by molar-refractivity contribution is 6.22. The molecule has 3 heterocycles. The van der Waals surface area contributed by atoms with E-state index in [-0.39, 0.29) is 5.88 Å². The fourth-order valence-corrected chi connectivity index (χ4v) is 2.79. The first-order chi connectivity index (χ1) is 10.2. The molecule has 0 saturated heterocycles. The molecule has 0 aliphatic carbocycles. The second kappa shape index (κ2) is 4.09. The van der Waals surface area contributed by atoms with Crippen molar-refractivity contribution in [2.75, 3.05) is 0 Å². The van der Waals surface area contributed by atoms with Gasteiger partial charge in [0.05, 0.1) is 38.9 Å². The highest BCUT2D eigenvalue weighted by atomic mass is 16.3. The van der Waals surface area contributed by atoms with Crippen LogP contribution in [0.3, 0.4) is 0 Å². The predicted molar refractivity (Wildman–Crippen MR) is 81.5 cm³/mol. The molecule has 5 heteroatoms. The Morgan fingerprint density at radius 3 is 2.67 bits per heavy atom. The highest BCUT2D eigenvalue weighted by Gasteiger charge is 2.22. The van der Waals surface area contributed by atoms with Crippen molar-refractivity contribution in [2.24, 2.45) is 15.0 Å². The van der Waals surface area contributed by atoms with Gasteiger partial charge in [0.2, 0.25) is 5.88 Å². The van der Waals surface area contributed by atoms with E-state index in [9.17, 15) is 5.11 Å². The number of pyridine rings is 1. The summed E-state index contributed by atoms with van der Waals surface area (Å²) in [5.41, 5.74) is 4.72. The van der Waals surface area contributed by atoms with E-state index in [1.165, 1.54) is 6.34 Å². The van der Waals surface area contributed by atoms with Gasteiger partial charge in [-0.15, -0.1) is 0 Å². The smallest absolute Gasteiger partial charge is 0.221 e. The molecule has 1 aromatic heterocycles. The molecule has 0 bridgehead atoms. The zero-order valence-corrected chi connectivity index (χ0v) is 11.6. The predicted octanol–water partition coefficient (Wildman–Crippen LogP) is 1.64. The largest absolute Gasteiger partial charge is 0.493 e. The Kier molecular flexibility index (Phi) is 2.33. The number of rotatable bonds is 0. The number of aryl methyl sites for hydroxylation is 1. The normalized spacial score (nSPS) is 17.3. The van der Waals surface area contributed by atoms with Crippen LogP contribution < -0.4 is 10.6 Å². The molecule has 0 unspecified atom stereocenters. The van der Waals surface area contributed by atoms with Crippen LogP contribution in [0.25, 0.3) is 16.8 Å². The van der Waals surface area contributed by atoms with E-state index < -0.39 is 0 Å². The van der Waals surface area contributed by atoms with Crippen LogP contribution in [0.1, 0.15) is 12.6 Å². The number of fused-ring (bicyclic) bond motifs is 3. The molecule has 1 N–H and O–H groups in total. The lowest BCUT2D eigenvalue weighted by molar-refractivity contribution is 0.453. The summed E-state index contributed by atoms with van der Waals surface area (Å²) in [6.07, 6.45) is 1.53. The molecule has 4 rings (SSSR count). The number of aromatic hydroxyl groups is 1. The van der Waals surface area contributed by atoms with Gasteiger partial charge in [0.25, 0.3) is 0 Å². The number of para-hydroxylation sites is 1. The molecular formula is C16H12N4O. The molecule has 0 atom stereocenters. The summed E-state index contributed by atoms with van der Waals surface area (Å²) < 4.78 is 0. The molecule has 21 heavy (non-hydrogen) atoms. The molecule has 102 valence electrons. The third kappa shape index (κ3) is 1.57. The van der Waals surface area contributed by atoms with E-state index in [1.807, 2.05) is 38.1 Å². The van der Waals surface area contributed by atoms with E-state index in [1.54, 1.807) is 0 Å². The molecular weight excluding hydrogens is 264 g/mol. The van der Waals surface area contributed by atoms with Crippen LogP contribution in [0, 0.1) is 6.92 Å². The zero-order valence-electron chi connectivity index (χ0n) is 11.6. The monoisotopic (exact) mass is 276 g/mol. The second-order valence-corrected chi connectivity index (χ2v) is 5.06. The van der Waals surface area contributed by atoms with Gasteiger partial charge in [-0.05, 0) is 19.9 Å². The van der Waals surface area contributed by atoms with Gasteiger partial charge in [0, 0.05) is 5.56 Å². The third-order valence-electron chi connectivity index (χ3n) is 3.76. The van der Waals surface area contributed by atoms with Gasteiger partial charge in [0.1, 0.15) is 6.34 Å². The molecule has 2 aliphatic heterocycles. The Balaban J connectivity index is 2.24. The lowest BCUT2D eigenvalue weighted by atomic mass is 10.0. The number of nitrogens with zero attached hydrogens (tertiary/aromatic N) is 4. The first kappa shape index (κ1) is 12.0. The Morgan fingerprint density at radius 2 is 1.90 bits per heavy atom. The average Bonchev–Trinajstić information content (AvgIpc) is 3.03. The third-order valence-corrected chi connectivity index (χ3v) is 3.76. The zero-order chi connectivity index (χ0) is 14.6. The van der Waals surface area contributed by atoms with Gasteiger partial charge >= 0.3 is 0 Å². The van der Waals surface area contributed by atoms with Crippen LogP contribution in [0.5, 0.6) is 5.88 Å². The molecule has 2 aliphatic rings. The maximum absolute atomic E-state index is 10.2. The van der Waals surface area contributed by atoms with Crippen molar-refractivity contribution in [3.8, 4) is 17.0 Å². The van der Waals surface area contributed by atoms with Crippen LogP contribution in [0.2, 0.25) is 0 Å². The summed E-state index contributed by atoms with van der Waals surface area (Å²) in [5.74, 6) is 0.0112. The fraction of sp³-hybridized carbons (Fsp3) is 0.125. The molecule has 0 saturated carbocycles. The highest BCUT2D eigenvalue weighted by Crippen LogP contribution is 2.35. The lowest BCUT2D eigenvalue weighted by Gasteiger charge is -2.04. The van der Waals surface area contributed by atoms with Crippen molar-refractivity contribution in [2.45, 2.75) is 13.8 Å². The van der Waals surface area contributed by atoms with Crippen molar-refractivity contribution in [3.63, 3.8) is 0 Å². The van der Waals surface area contributed by atoms with Crippen LogP contribution in [-0.4, -0.2) is 22.1 Å². The van der Waals surface area contributed by atoms with Gasteiger partial charge in [-0.25, -0.2) is 20.0 Å². The standard InChI is InChI=1S/C16H12N4O/c1-8-12(14-9(2)17-7-18-14)15-13(16(21)19-8)10-5-3-4-6-11(10)20-15/h3-7,21H,1-2H3. The van der Waals surface area contributed by atoms with E-state index in [0.29, 0.717) is 11.3 Å². The van der Waals surface area contributed by atoms with Gasteiger partial charge < -0.3 is 5.11 Å². The van der Waals surface area contributed by atoms with Gasteiger partial charge in [-0.2, -0.15) is 0 Å².